The van der Waals surface area contributed by atoms with Gasteiger partial charge >= 0.3 is 0 Å². The second-order valence-electron chi connectivity index (χ2n) is 3.70. The molecule has 0 aromatic carbocycles. The van der Waals surface area contributed by atoms with Crippen molar-refractivity contribution < 1.29 is 8.42 Å². The molecular weight excluding hydrogens is 252 g/mol. The number of alkyl halides is 1. The minimum atomic E-state index is -3.31. The minimum Gasteiger partial charge on any atom is -0.256 e. The number of nitrogens with zero attached hydrogens (tertiary/aromatic N) is 3. The van der Waals surface area contributed by atoms with Crippen LogP contribution < -0.4 is 4.72 Å². The quantitative estimate of drug-likeness (QED) is 0.742. The maximum atomic E-state index is 11.5. The Kier molecular flexibility index (Phi) is 4.69. The van der Waals surface area contributed by atoms with Crippen molar-refractivity contribution in [3.63, 3.8) is 0 Å². The van der Waals surface area contributed by atoms with Crippen molar-refractivity contribution in [2.24, 2.45) is 13.0 Å². The summed E-state index contributed by atoms with van der Waals surface area (Å²) >= 11 is 5.56. The number of aromatic nitrogens is 3. The third-order valence-corrected chi connectivity index (χ3v) is 3.98. The van der Waals surface area contributed by atoms with Gasteiger partial charge in [-0.25, -0.2) is 18.1 Å². The number of sulfonamides is 1. The van der Waals surface area contributed by atoms with E-state index in [4.69, 9.17) is 11.6 Å². The highest BCUT2D eigenvalue weighted by Gasteiger charge is 2.15. The predicted octanol–water partition coefficient (Wildman–Crippen LogP) is 0.109. The van der Waals surface area contributed by atoms with Crippen LogP contribution in [-0.4, -0.2) is 34.8 Å². The van der Waals surface area contributed by atoms with E-state index < -0.39 is 10.0 Å². The first-order valence-corrected chi connectivity index (χ1v) is 6.99. The molecule has 0 bridgehead atoms. The van der Waals surface area contributed by atoms with Crippen LogP contribution in [0.2, 0.25) is 0 Å². The summed E-state index contributed by atoms with van der Waals surface area (Å²) in [6, 6.07) is 0. The molecule has 0 saturated heterocycles. The van der Waals surface area contributed by atoms with Gasteiger partial charge in [0.2, 0.25) is 10.0 Å². The minimum absolute atomic E-state index is 0.0172. The molecule has 1 aromatic heterocycles. The van der Waals surface area contributed by atoms with Crippen LogP contribution in [0, 0.1) is 5.92 Å². The highest BCUT2D eigenvalue weighted by atomic mass is 35.5. The van der Waals surface area contributed by atoms with Crippen LogP contribution in [0.25, 0.3) is 0 Å². The van der Waals surface area contributed by atoms with E-state index in [1.807, 2.05) is 0 Å². The molecule has 0 saturated carbocycles. The first-order valence-electron chi connectivity index (χ1n) is 4.81. The van der Waals surface area contributed by atoms with Crippen molar-refractivity contribution >= 4 is 21.6 Å². The van der Waals surface area contributed by atoms with E-state index in [1.54, 1.807) is 14.0 Å². The third kappa shape index (κ3) is 4.46. The summed E-state index contributed by atoms with van der Waals surface area (Å²) in [6.07, 6.45) is 1.52. The highest BCUT2D eigenvalue weighted by molar-refractivity contribution is 7.89. The summed E-state index contributed by atoms with van der Waals surface area (Å²) in [7, 11) is -1.58. The van der Waals surface area contributed by atoms with E-state index in [1.165, 1.54) is 11.0 Å². The third-order valence-electron chi connectivity index (χ3n) is 1.86. The van der Waals surface area contributed by atoms with Gasteiger partial charge < -0.3 is 0 Å². The van der Waals surface area contributed by atoms with Crippen molar-refractivity contribution in [2.75, 3.05) is 11.6 Å². The van der Waals surface area contributed by atoms with Gasteiger partial charge in [0.1, 0.15) is 6.33 Å². The number of halogens is 1. The Hall–Kier alpha value is -0.660. The van der Waals surface area contributed by atoms with Gasteiger partial charge in [0.25, 0.3) is 0 Å². The van der Waals surface area contributed by atoms with E-state index in [0.29, 0.717) is 11.7 Å². The number of aryl methyl sites for hydroxylation is 1. The van der Waals surface area contributed by atoms with Crippen LogP contribution in [-0.2, 0) is 23.6 Å². The van der Waals surface area contributed by atoms with Gasteiger partial charge in [0.15, 0.2) is 5.82 Å². The van der Waals surface area contributed by atoms with E-state index >= 15 is 0 Å². The van der Waals surface area contributed by atoms with Crippen LogP contribution in [0.5, 0.6) is 0 Å². The molecule has 1 aromatic rings. The van der Waals surface area contributed by atoms with E-state index in [0.717, 1.165) is 0 Å². The van der Waals surface area contributed by atoms with Crippen LogP contribution >= 0.6 is 11.6 Å². The fourth-order valence-corrected chi connectivity index (χ4v) is 2.69. The zero-order valence-electron chi connectivity index (χ0n) is 9.22. The van der Waals surface area contributed by atoms with Gasteiger partial charge in [0, 0.05) is 12.9 Å². The maximum absolute atomic E-state index is 11.5. The maximum Gasteiger partial charge on any atom is 0.212 e. The zero-order valence-corrected chi connectivity index (χ0v) is 10.8. The molecule has 8 heteroatoms. The predicted molar refractivity (Wildman–Crippen MR) is 61.5 cm³/mol. The Balaban J connectivity index is 2.48. The van der Waals surface area contributed by atoms with Gasteiger partial charge in [-0.1, -0.05) is 6.92 Å². The molecule has 0 fully saturated rings. The molecular formula is C8H15ClN4O2S. The summed E-state index contributed by atoms with van der Waals surface area (Å²) in [5.74, 6) is 0.715. The highest BCUT2D eigenvalue weighted by Crippen LogP contribution is 2.02. The second-order valence-corrected chi connectivity index (χ2v) is 5.86. The van der Waals surface area contributed by atoms with E-state index in [9.17, 15) is 8.42 Å². The number of hydrogen-bond acceptors (Lipinski definition) is 4. The van der Waals surface area contributed by atoms with E-state index in [2.05, 4.69) is 14.8 Å². The van der Waals surface area contributed by atoms with Gasteiger partial charge in [0.05, 0.1) is 12.3 Å². The molecule has 1 rings (SSSR count). The Morgan fingerprint density at radius 3 is 2.81 bits per heavy atom. The lowest BCUT2D eigenvalue weighted by molar-refractivity contribution is 0.566. The van der Waals surface area contributed by atoms with Gasteiger partial charge in [-0.15, -0.1) is 11.6 Å². The van der Waals surface area contributed by atoms with Crippen LogP contribution in [0.1, 0.15) is 12.7 Å². The second kappa shape index (κ2) is 5.60. The fourth-order valence-electron chi connectivity index (χ4n) is 1.12. The van der Waals surface area contributed by atoms with Crippen molar-refractivity contribution in [2.45, 2.75) is 13.5 Å². The largest absolute Gasteiger partial charge is 0.256 e. The molecule has 1 N–H and O–H groups in total. The zero-order chi connectivity index (χ0) is 12.2. The molecule has 1 unspecified atom stereocenters. The summed E-state index contributed by atoms with van der Waals surface area (Å²) < 4.78 is 27.0. The number of rotatable bonds is 6. The molecule has 1 heterocycles. The first-order chi connectivity index (χ1) is 7.43. The van der Waals surface area contributed by atoms with Gasteiger partial charge in [-0.3, -0.25) is 4.68 Å². The van der Waals surface area contributed by atoms with Crippen LogP contribution in [0.4, 0.5) is 0 Å². The monoisotopic (exact) mass is 266 g/mol. The molecule has 0 amide bonds. The Morgan fingerprint density at radius 1 is 1.62 bits per heavy atom. The average molecular weight is 267 g/mol. The summed E-state index contributed by atoms with van der Waals surface area (Å²) in [4.78, 5) is 3.92. The molecule has 16 heavy (non-hydrogen) atoms. The Labute approximate surface area is 100 Å². The van der Waals surface area contributed by atoms with Crippen molar-refractivity contribution in [1.29, 1.82) is 0 Å². The lowest BCUT2D eigenvalue weighted by Gasteiger charge is -2.08. The van der Waals surface area contributed by atoms with Crippen molar-refractivity contribution in [3.8, 4) is 0 Å². The molecule has 0 radical (unpaired) electrons. The lowest BCUT2D eigenvalue weighted by atomic mass is 10.3. The topological polar surface area (TPSA) is 76.9 Å². The fraction of sp³-hybridized carbons (Fsp3) is 0.750. The van der Waals surface area contributed by atoms with E-state index in [-0.39, 0.29) is 18.2 Å². The molecule has 0 aliphatic rings. The number of nitrogens with one attached hydrogen (secondary N) is 1. The van der Waals surface area contributed by atoms with Crippen LogP contribution in [0.3, 0.4) is 0 Å². The normalized spacial score (nSPS) is 13.9. The smallest absolute Gasteiger partial charge is 0.212 e. The Bertz CT molecular complexity index is 431. The van der Waals surface area contributed by atoms with Gasteiger partial charge in [-0.05, 0) is 5.92 Å². The molecule has 92 valence electrons. The Morgan fingerprint density at radius 2 is 2.31 bits per heavy atom. The lowest BCUT2D eigenvalue weighted by Crippen LogP contribution is -2.29. The number of hydrogen-bond donors (Lipinski definition) is 1. The molecule has 0 aliphatic heterocycles. The molecule has 1 atom stereocenters. The van der Waals surface area contributed by atoms with Gasteiger partial charge in [-0.2, -0.15) is 5.10 Å². The van der Waals surface area contributed by atoms with Crippen LogP contribution in [0.15, 0.2) is 6.33 Å². The summed E-state index contributed by atoms with van der Waals surface area (Å²) in [5.41, 5.74) is 0. The molecule has 6 nitrogen and oxygen atoms in total. The molecule has 0 spiro atoms. The first kappa shape index (κ1) is 13.4. The summed E-state index contributed by atoms with van der Waals surface area (Å²) in [6.45, 7) is 1.89. The summed E-state index contributed by atoms with van der Waals surface area (Å²) in [5, 5.41) is 3.97. The van der Waals surface area contributed by atoms with Crippen molar-refractivity contribution in [1.82, 2.24) is 19.5 Å². The average Bonchev–Trinajstić information content (AvgIpc) is 2.61. The molecule has 0 aliphatic carbocycles. The van der Waals surface area contributed by atoms with Crippen molar-refractivity contribution in [3.05, 3.63) is 12.2 Å². The standard InChI is InChI=1S/C8H15ClN4O2S/c1-7(3-9)5-16(14,15)11-4-8-10-6-13(2)12-8/h6-7,11H,3-5H2,1-2H3. The SMILES string of the molecule is CC(CCl)CS(=O)(=O)NCc1ncn(C)n1.